The zero-order valence-electron chi connectivity index (χ0n) is 8.34. The second-order valence-corrected chi connectivity index (χ2v) is 4.60. The summed E-state index contributed by atoms with van der Waals surface area (Å²) in [6.07, 6.45) is 6.65. The van der Waals surface area contributed by atoms with E-state index in [-0.39, 0.29) is 0 Å². The molecule has 0 aromatic heterocycles. The van der Waals surface area contributed by atoms with Crippen LogP contribution in [0, 0.1) is 0 Å². The molecule has 0 fully saturated rings. The van der Waals surface area contributed by atoms with Crippen molar-refractivity contribution in [3.8, 4) is 0 Å². The summed E-state index contributed by atoms with van der Waals surface area (Å²) < 4.78 is 0. The van der Waals surface area contributed by atoms with Gasteiger partial charge in [0, 0.05) is 22.6 Å². The van der Waals surface area contributed by atoms with Gasteiger partial charge in [0.05, 0.1) is 0 Å². The molecule has 0 atom stereocenters. The molecule has 0 unspecified atom stereocenters. The summed E-state index contributed by atoms with van der Waals surface area (Å²) in [6, 6.07) is 6.20. The number of rotatable bonds is 3. The van der Waals surface area contributed by atoms with Crippen molar-refractivity contribution in [2.45, 2.75) is 25.4 Å². The van der Waals surface area contributed by atoms with E-state index in [1.54, 1.807) is 6.07 Å². The summed E-state index contributed by atoms with van der Waals surface area (Å²) >= 11 is 11.9. The fraction of sp³-hybridized carbons (Fsp3) is 0.333. The van der Waals surface area contributed by atoms with Gasteiger partial charge < -0.3 is 5.32 Å². The maximum absolute atomic E-state index is 6.07. The SMILES string of the molecule is Clc1ccc(CNC2CC=CC2)c(Cl)c1. The Morgan fingerprint density at radius 3 is 2.60 bits per heavy atom. The Morgan fingerprint density at radius 1 is 1.20 bits per heavy atom. The van der Waals surface area contributed by atoms with Gasteiger partial charge in [0.25, 0.3) is 0 Å². The second-order valence-electron chi connectivity index (χ2n) is 3.76. The first-order valence-electron chi connectivity index (χ1n) is 5.08. The van der Waals surface area contributed by atoms with Crippen LogP contribution in [0.3, 0.4) is 0 Å². The van der Waals surface area contributed by atoms with Crippen LogP contribution in [0.25, 0.3) is 0 Å². The Kier molecular flexibility index (Phi) is 3.68. The Hall–Kier alpha value is -0.500. The lowest BCUT2D eigenvalue weighted by atomic mass is 10.2. The van der Waals surface area contributed by atoms with Gasteiger partial charge in [-0.25, -0.2) is 0 Å². The number of halogens is 2. The highest BCUT2D eigenvalue weighted by Crippen LogP contribution is 2.21. The number of hydrogen-bond donors (Lipinski definition) is 1. The average molecular weight is 242 g/mol. The van der Waals surface area contributed by atoms with Crippen molar-refractivity contribution >= 4 is 23.2 Å². The molecule has 0 aliphatic heterocycles. The molecule has 80 valence electrons. The lowest BCUT2D eigenvalue weighted by Gasteiger charge is -2.12. The third-order valence-electron chi connectivity index (χ3n) is 2.60. The molecule has 0 saturated carbocycles. The lowest BCUT2D eigenvalue weighted by molar-refractivity contribution is 0.538. The van der Waals surface area contributed by atoms with Gasteiger partial charge in [0.15, 0.2) is 0 Å². The summed E-state index contributed by atoms with van der Waals surface area (Å²) in [7, 11) is 0. The van der Waals surface area contributed by atoms with Crippen LogP contribution in [0.15, 0.2) is 30.4 Å². The standard InChI is InChI=1S/C12H13Cl2N/c13-10-6-5-9(12(14)7-10)8-15-11-3-1-2-4-11/h1-2,5-7,11,15H,3-4,8H2. The molecule has 3 heteroatoms. The molecule has 0 spiro atoms. The van der Waals surface area contributed by atoms with Crippen LogP contribution in [0.4, 0.5) is 0 Å². The summed E-state index contributed by atoms with van der Waals surface area (Å²) in [5.74, 6) is 0. The van der Waals surface area contributed by atoms with E-state index in [0.717, 1.165) is 30.0 Å². The van der Waals surface area contributed by atoms with E-state index in [9.17, 15) is 0 Å². The Balaban J connectivity index is 1.92. The Bertz CT molecular complexity index is 366. The molecule has 2 rings (SSSR count). The van der Waals surface area contributed by atoms with Crippen LogP contribution in [0.1, 0.15) is 18.4 Å². The van der Waals surface area contributed by atoms with Gasteiger partial charge in [0.1, 0.15) is 0 Å². The first kappa shape index (κ1) is 11.0. The molecule has 1 aliphatic rings. The van der Waals surface area contributed by atoms with Gasteiger partial charge in [-0.1, -0.05) is 41.4 Å². The summed E-state index contributed by atoms with van der Waals surface area (Å²) in [4.78, 5) is 0. The fourth-order valence-corrected chi connectivity index (χ4v) is 2.18. The molecule has 1 N–H and O–H groups in total. The fourth-order valence-electron chi connectivity index (χ4n) is 1.70. The Morgan fingerprint density at radius 2 is 1.93 bits per heavy atom. The molecule has 1 aliphatic carbocycles. The molecular weight excluding hydrogens is 229 g/mol. The van der Waals surface area contributed by atoms with E-state index in [1.165, 1.54) is 0 Å². The highest BCUT2D eigenvalue weighted by atomic mass is 35.5. The van der Waals surface area contributed by atoms with Gasteiger partial charge >= 0.3 is 0 Å². The zero-order chi connectivity index (χ0) is 10.7. The number of nitrogens with one attached hydrogen (secondary N) is 1. The first-order chi connectivity index (χ1) is 7.25. The van der Waals surface area contributed by atoms with Crippen molar-refractivity contribution in [1.29, 1.82) is 0 Å². The van der Waals surface area contributed by atoms with Crippen molar-refractivity contribution in [3.05, 3.63) is 46.0 Å². The third-order valence-corrected chi connectivity index (χ3v) is 3.19. The summed E-state index contributed by atoms with van der Waals surface area (Å²) in [5.41, 5.74) is 1.10. The molecular formula is C12H13Cl2N. The second kappa shape index (κ2) is 5.02. The van der Waals surface area contributed by atoms with Crippen molar-refractivity contribution in [1.82, 2.24) is 5.32 Å². The van der Waals surface area contributed by atoms with Crippen molar-refractivity contribution in [2.75, 3.05) is 0 Å². The van der Waals surface area contributed by atoms with Crippen molar-refractivity contribution in [2.24, 2.45) is 0 Å². The quantitative estimate of drug-likeness (QED) is 0.795. The largest absolute Gasteiger partial charge is 0.309 e. The van der Waals surface area contributed by atoms with Gasteiger partial charge in [-0.15, -0.1) is 0 Å². The van der Waals surface area contributed by atoms with E-state index in [4.69, 9.17) is 23.2 Å². The van der Waals surface area contributed by atoms with Crippen LogP contribution in [0.2, 0.25) is 10.0 Å². The zero-order valence-corrected chi connectivity index (χ0v) is 9.85. The smallest absolute Gasteiger partial charge is 0.0465 e. The van der Waals surface area contributed by atoms with Gasteiger partial charge in [-0.3, -0.25) is 0 Å². The van der Waals surface area contributed by atoms with Crippen molar-refractivity contribution in [3.63, 3.8) is 0 Å². The molecule has 0 radical (unpaired) electrons. The van der Waals surface area contributed by atoms with Crippen molar-refractivity contribution < 1.29 is 0 Å². The minimum atomic E-state index is 0.566. The van der Waals surface area contributed by atoms with Crippen LogP contribution in [-0.2, 0) is 6.54 Å². The predicted molar refractivity (Wildman–Crippen MR) is 65.5 cm³/mol. The van der Waals surface area contributed by atoms with Crippen LogP contribution in [0.5, 0.6) is 0 Å². The van der Waals surface area contributed by atoms with E-state index in [1.807, 2.05) is 12.1 Å². The Labute approximate surface area is 100 Å². The highest BCUT2D eigenvalue weighted by molar-refractivity contribution is 6.35. The topological polar surface area (TPSA) is 12.0 Å². The summed E-state index contributed by atoms with van der Waals surface area (Å²) in [5, 5.41) is 4.89. The van der Waals surface area contributed by atoms with E-state index >= 15 is 0 Å². The van der Waals surface area contributed by atoms with Gasteiger partial charge in [-0.2, -0.15) is 0 Å². The minimum absolute atomic E-state index is 0.566. The maximum Gasteiger partial charge on any atom is 0.0465 e. The molecule has 1 aromatic carbocycles. The average Bonchev–Trinajstić information content (AvgIpc) is 2.69. The van der Waals surface area contributed by atoms with E-state index in [2.05, 4.69) is 17.5 Å². The number of hydrogen-bond acceptors (Lipinski definition) is 1. The molecule has 0 bridgehead atoms. The highest BCUT2D eigenvalue weighted by Gasteiger charge is 2.09. The van der Waals surface area contributed by atoms with Crippen LogP contribution in [-0.4, -0.2) is 6.04 Å². The molecule has 15 heavy (non-hydrogen) atoms. The van der Waals surface area contributed by atoms with Crippen LogP contribution < -0.4 is 5.32 Å². The maximum atomic E-state index is 6.07. The van der Waals surface area contributed by atoms with E-state index in [0.29, 0.717) is 11.1 Å². The number of benzene rings is 1. The van der Waals surface area contributed by atoms with E-state index < -0.39 is 0 Å². The predicted octanol–water partition coefficient (Wildman–Crippen LogP) is 3.80. The molecule has 0 amide bonds. The monoisotopic (exact) mass is 241 g/mol. The molecule has 1 nitrogen and oxygen atoms in total. The van der Waals surface area contributed by atoms with Crippen LogP contribution >= 0.6 is 23.2 Å². The molecule has 0 saturated heterocycles. The normalized spacial score (nSPS) is 16.1. The van der Waals surface area contributed by atoms with Gasteiger partial charge in [0.2, 0.25) is 0 Å². The first-order valence-corrected chi connectivity index (χ1v) is 5.83. The summed E-state index contributed by atoms with van der Waals surface area (Å²) in [6.45, 7) is 0.808. The molecule has 1 aromatic rings. The lowest BCUT2D eigenvalue weighted by Crippen LogP contribution is -2.25. The van der Waals surface area contributed by atoms with Gasteiger partial charge in [-0.05, 0) is 30.5 Å². The third kappa shape index (κ3) is 2.97. The minimum Gasteiger partial charge on any atom is -0.309 e. The molecule has 0 heterocycles.